The van der Waals surface area contributed by atoms with Gasteiger partial charge in [0.1, 0.15) is 6.04 Å². The van der Waals surface area contributed by atoms with Crippen molar-refractivity contribution in [3.05, 3.63) is 35.9 Å². The lowest BCUT2D eigenvalue weighted by Crippen LogP contribution is -2.48. The summed E-state index contributed by atoms with van der Waals surface area (Å²) in [4.78, 5) is 11.1. The van der Waals surface area contributed by atoms with Crippen molar-refractivity contribution in [2.24, 2.45) is 11.7 Å². The molecule has 0 spiro atoms. The standard InChI is InChI=1S/C16H26N2O3/c1-11(2)8-14(16(20)21)18-10-15(19)13(17)9-12-6-4-3-5-7-12/h3-7,11,13-15,18-19H,8-10,17H2,1-2H3,(H,20,21). The quantitative estimate of drug-likeness (QED) is 0.545. The summed E-state index contributed by atoms with van der Waals surface area (Å²) in [5, 5.41) is 22.1. The Balaban J connectivity index is 2.44. The number of aliphatic hydroxyl groups excluding tert-OH is 1. The largest absolute Gasteiger partial charge is 0.480 e. The number of nitrogens with two attached hydrogens (primary N) is 1. The molecule has 1 aromatic carbocycles. The van der Waals surface area contributed by atoms with Gasteiger partial charge in [0.25, 0.3) is 0 Å². The first kappa shape index (κ1) is 17.6. The van der Waals surface area contributed by atoms with E-state index < -0.39 is 24.2 Å². The van der Waals surface area contributed by atoms with E-state index in [1.54, 1.807) is 0 Å². The van der Waals surface area contributed by atoms with Crippen molar-refractivity contribution in [2.75, 3.05) is 6.54 Å². The summed E-state index contributed by atoms with van der Waals surface area (Å²) in [5.74, 6) is -0.624. The lowest BCUT2D eigenvalue weighted by Gasteiger charge is -2.22. The van der Waals surface area contributed by atoms with Gasteiger partial charge in [-0.25, -0.2) is 0 Å². The van der Waals surface area contributed by atoms with Crippen LogP contribution in [0.2, 0.25) is 0 Å². The van der Waals surface area contributed by atoms with E-state index in [4.69, 9.17) is 10.8 Å². The first-order valence-electron chi connectivity index (χ1n) is 7.34. The molecule has 3 atom stereocenters. The zero-order valence-corrected chi connectivity index (χ0v) is 12.7. The Kier molecular flexibility index (Phi) is 7.36. The van der Waals surface area contributed by atoms with Crippen molar-refractivity contribution in [1.82, 2.24) is 5.32 Å². The van der Waals surface area contributed by atoms with Crippen molar-refractivity contribution in [3.8, 4) is 0 Å². The molecule has 0 aliphatic rings. The van der Waals surface area contributed by atoms with Crippen LogP contribution >= 0.6 is 0 Å². The van der Waals surface area contributed by atoms with Gasteiger partial charge in [-0.1, -0.05) is 44.2 Å². The number of nitrogens with one attached hydrogen (secondary N) is 1. The summed E-state index contributed by atoms with van der Waals surface area (Å²) in [6, 6.07) is 8.62. The predicted molar refractivity (Wildman–Crippen MR) is 83.0 cm³/mol. The molecule has 1 rings (SSSR count). The number of rotatable bonds is 9. The third-order valence-corrected chi connectivity index (χ3v) is 3.39. The molecule has 0 saturated carbocycles. The van der Waals surface area contributed by atoms with Crippen LogP contribution in [0.25, 0.3) is 0 Å². The third-order valence-electron chi connectivity index (χ3n) is 3.39. The van der Waals surface area contributed by atoms with E-state index in [2.05, 4.69) is 5.32 Å². The van der Waals surface area contributed by atoms with E-state index in [1.807, 2.05) is 44.2 Å². The molecule has 0 aliphatic heterocycles. The molecule has 3 unspecified atom stereocenters. The van der Waals surface area contributed by atoms with Crippen LogP contribution < -0.4 is 11.1 Å². The molecule has 0 saturated heterocycles. The van der Waals surface area contributed by atoms with E-state index in [0.29, 0.717) is 12.8 Å². The molecule has 0 heterocycles. The summed E-state index contributed by atoms with van der Waals surface area (Å²) in [7, 11) is 0. The molecule has 118 valence electrons. The summed E-state index contributed by atoms with van der Waals surface area (Å²) in [6.45, 7) is 4.11. The average molecular weight is 294 g/mol. The maximum absolute atomic E-state index is 11.1. The van der Waals surface area contributed by atoms with Gasteiger partial charge in [0.15, 0.2) is 0 Å². The highest BCUT2D eigenvalue weighted by molar-refractivity contribution is 5.73. The molecule has 0 radical (unpaired) electrons. The third kappa shape index (κ3) is 6.71. The van der Waals surface area contributed by atoms with Crippen molar-refractivity contribution < 1.29 is 15.0 Å². The van der Waals surface area contributed by atoms with E-state index in [0.717, 1.165) is 5.56 Å². The molecule has 0 bridgehead atoms. The van der Waals surface area contributed by atoms with Crippen LogP contribution in [0.15, 0.2) is 30.3 Å². The zero-order chi connectivity index (χ0) is 15.8. The van der Waals surface area contributed by atoms with Gasteiger partial charge in [0, 0.05) is 12.6 Å². The highest BCUT2D eigenvalue weighted by Gasteiger charge is 2.21. The maximum atomic E-state index is 11.1. The van der Waals surface area contributed by atoms with Crippen LogP contribution in [-0.4, -0.2) is 40.9 Å². The number of aliphatic hydroxyl groups is 1. The molecule has 1 aromatic rings. The average Bonchev–Trinajstić information content (AvgIpc) is 2.43. The molecule has 5 N–H and O–H groups in total. The lowest BCUT2D eigenvalue weighted by molar-refractivity contribution is -0.140. The smallest absolute Gasteiger partial charge is 0.320 e. The molecular formula is C16H26N2O3. The number of aliphatic carboxylic acids is 1. The van der Waals surface area contributed by atoms with Crippen LogP contribution in [0.3, 0.4) is 0 Å². The number of carbonyl (C=O) groups is 1. The summed E-state index contributed by atoms with van der Waals surface area (Å²) < 4.78 is 0. The van der Waals surface area contributed by atoms with Crippen molar-refractivity contribution in [3.63, 3.8) is 0 Å². The van der Waals surface area contributed by atoms with Gasteiger partial charge in [0.05, 0.1) is 6.10 Å². The lowest BCUT2D eigenvalue weighted by atomic mass is 10.0. The van der Waals surface area contributed by atoms with E-state index in [1.165, 1.54) is 0 Å². The highest BCUT2D eigenvalue weighted by Crippen LogP contribution is 2.07. The number of benzene rings is 1. The van der Waals surface area contributed by atoms with Gasteiger partial charge in [-0.3, -0.25) is 4.79 Å². The fourth-order valence-electron chi connectivity index (χ4n) is 2.18. The fourth-order valence-corrected chi connectivity index (χ4v) is 2.18. The van der Waals surface area contributed by atoms with E-state index in [9.17, 15) is 9.90 Å². The van der Waals surface area contributed by atoms with Gasteiger partial charge in [0.2, 0.25) is 0 Å². The normalized spacial score (nSPS) is 15.7. The molecule has 0 amide bonds. The van der Waals surface area contributed by atoms with Crippen LogP contribution in [0, 0.1) is 5.92 Å². The Hall–Kier alpha value is -1.43. The van der Waals surface area contributed by atoms with E-state index in [-0.39, 0.29) is 12.5 Å². The van der Waals surface area contributed by atoms with Gasteiger partial charge >= 0.3 is 5.97 Å². The van der Waals surface area contributed by atoms with Crippen LogP contribution in [0.5, 0.6) is 0 Å². The molecule has 0 fully saturated rings. The fraction of sp³-hybridized carbons (Fsp3) is 0.562. The number of carboxylic acid groups (broad SMARTS) is 1. The van der Waals surface area contributed by atoms with Gasteiger partial charge in [-0.15, -0.1) is 0 Å². The Morgan fingerprint density at radius 1 is 1.29 bits per heavy atom. The minimum Gasteiger partial charge on any atom is -0.480 e. The Bertz CT molecular complexity index is 423. The second-order valence-electron chi connectivity index (χ2n) is 5.85. The topological polar surface area (TPSA) is 95.6 Å². The molecule has 0 aliphatic carbocycles. The zero-order valence-electron chi connectivity index (χ0n) is 12.7. The van der Waals surface area contributed by atoms with Crippen molar-refractivity contribution in [2.45, 2.75) is 44.9 Å². The molecular weight excluding hydrogens is 268 g/mol. The number of carboxylic acids is 1. The van der Waals surface area contributed by atoms with Crippen molar-refractivity contribution >= 4 is 5.97 Å². The molecule has 0 aromatic heterocycles. The van der Waals surface area contributed by atoms with Crippen LogP contribution in [-0.2, 0) is 11.2 Å². The van der Waals surface area contributed by atoms with Crippen LogP contribution in [0.1, 0.15) is 25.8 Å². The summed E-state index contributed by atoms with van der Waals surface area (Å²) in [5.41, 5.74) is 7.03. The molecule has 5 nitrogen and oxygen atoms in total. The van der Waals surface area contributed by atoms with Gasteiger partial charge < -0.3 is 21.3 Å². The van der Waals surface area contributed by atoms with Crippen LogP contribution in [0.4, 0.5) is 0 Å². The molecule has 5 heteroatoms. The number of hydrogen-bond donors (Lipinski definition) is 4. The number of hydrogen-bond acceptors (Lipinski definition) is 4. The predicted octanol–water partition coefficient (Wildman–Crippen LogP) is 1.01. The monoisotopic (exact) mass is 294 g/mol. The second kappa shape index (κ2) is 8.77. The minimum atomic E-state index is -0.896. The van der Waals surface area contributed by atoms with E-state index >= 15 is 0 Å². The highest BCUT2D eigenvalue weighted by atomic mass is 16.4. The SMILES string of the molecule is CC(C)CC(NCC(O)C(N)Cc1ccccc1)C(=O)O. The molecule has 21 heavy (non-hydrogen) atoms. The summed E-state index contributed by atoms with van der Waals surface area (Å²) in [6.07, 6.45) is 0.306. The van der Waals surface area contributed by atoms with Crippen molar-refractivity contribution in [1.29, 1.82) is 0 Å². The second-order valence-corrected chi connectivity index (χ2v) is 5.85. The minimum absolute atomic E-state index is 0.178. The van der Waals surface area contributed by atoms with Gasteiger partial charge in [-0.05, 0) is 24.3 Å². The summed E-state index contributed by atoms with van der Waals surface area (Å²) >= 11 is 0. The van der Waals surface area contributed by atoms with Gasteiger partial charge in [-0.2, -0.15) is 0 Å². The Morgan fingerprint density at radius 2 is 1.90 bits per heavy atom. The first-order chi connectivity index (χ1) is 9.90. The maximum Gasteiger partial charge on any atom is 0.320 e. The first-order valence-corrected chi connectivity index (χ1v) is 7.34. The Morgan fingerprint density at radius 3 is 2.43 bits per heavy atom. The Labute approximate surface area is 126 Å².